The number of fused-ring (bicyclic) bond motifs is 1. The first-order chi connectivity index (χ1) is 21.7. The van der Waals surface area contributed by atoms with E-state index in [2.05, 4.69) is 4.98 Å². The van der Waals surface area contributed by atoms with E-state index in [1.807, 2.05) is 13.8 Å². The van der Waals surface area contributed by atoms with Gasteiger partial charge in [-0.1, -0.05) is 12.1 Å². The zero-order valence-corrected chi connectivity index (χ0v) is 25.9. The molecule has 6 rings (SSSR count). The molecule has 4 aromatic rings. The van der Waals surface area contributed by atoms with Gasteiger partial charge < -0.3 is 18.8 Å². The van der Waals surface area contributed by atoms with Crippen LogP contribution in [0.5, 0.6) is 5.88 Å². The molecule has 1 saturated heterocycles. The minimum absolute atomic E-state index is 0.108. The van der Waals surface area contributed by atoms with Gasteiger partial charge in [-0.2, -0.15) is 0 Å². The van der Waals surface area contributed by atoms with Crippen LogP contribution in [0.25, 0.3) is 22.6 Å². The van der Waals surface area contributed by atoms with Crippen molar-refractivity contribution in [3.05, 3.63) is 74.1 Å². The predicted molar refractivity (Wildman–Crippen MR) is 164 cm³/mol. The highest BCUT2D eigenvalue weighted by Crippen LogP contribution is 2.35. The minimum atomic E-state index is -0.551. The number of aryl methyl sites for hydroxylation is 1. The molecule has 3 aromatic heterocycles. The Bertz CT molecular complexity index is 1790. The molecular weight excluding hydrogens is 584 g/mol. The Kier molecular flexibility index (Phi) is 9.14. The number of rotatable bonds is 12. The molecule has 0 N–H and O–H groups in total. The molecule has 45 heavy (non-hydrogen) atoms. The molecule has 12 heteroatoms. The van der Waals surface area contributed by atoms with Gasteiger partial charge in [-0.25, -0.2) is 23.5 Å². The highest BCUT2D eigenvalue weighted by molar-refractivity contribution is 5.79. The van der Waals surface area contributed by atoms with Crippen LogP contribution in [0.4, 0.5) is 8.78 Å². The Balaban J connectivity index is 1.48. The summed E-state index contributed by atoms with van der Waals surface area (Å²) in [6, 6.07) is 6.87. The topological polar surface area (TPSA) is 102 Å². The summed E-state index contributed by atoms with van der Waals surface area (Å²) in [5.74, 6) is -0.100. The lowest BCUT2D eigenvalue weighted by molar-refractivity contribution is -0.163. The van der Waals surface area contributed by atoms with Crippen LogP contribution >= 0.6 is 0 Å². The fourth-order valence-electron chi connectivity index (χ4n) is 5.64. The smallest absolute Gasteiger partial charge is 0.332 e. The van der Waals surface area contributed by atoms with Crippen LogP contribution in [0, 0.1) is 24.5 Å². The molecule has 2 aliphatic rings. The van der Waals surface area contributed by atoms with E-state index in [1.54, 1.807) is 23.6 Å². The highest BCUT2D eigenvalue weighted by atomic mass is 19.1. The highest BCUT2D eigenvalue weighted by Gasteiger charge is 2.28. The van der Waals surface area contributed by atoms with E-state index in [4.69, 9.17) is 19.2 Å². The summed E-state index contributed by atoms with van der Waals surface area (Å²) >= 11 is 0. The van der Waals surface area contributed by atoms with Crippen molar-refractivity contribution in [2.45, 2.75) is 84.7 Å². The Morgan fingerprint density at radius 3 is 2.51 bits per heavy atom. The molecule has 1 aliphatic carbocycles. The maximum atomic E-state index is 15.1. The molecular formula is C33H39F2N5O5. The summed E-state index contributed by atoms with van der Waals surface area (Å²) in [7, 11) is 0. The van der Waals surface area contributed by atoms with Gasteiger partial charge in [-0.15, -0.1) is 0 Å². The van der Waals surface area contributed by atoms with Crippen molar-refractivity contribution in [1.29, 1.82) is 0 Å². The third-order valence-electron chi connectivity index (χ3n) is 8.31. The largest absolute Gasteiger partial charge is 0.477 e. The zero-order valence-electron chi connectivity index (χ0n) is 25.9. The zero-order chi connectivity index (χ0) is 31.7. The van der Waals surface area contributed by atoms with Gasteiger partial charge in [0.1, 0.15) is 17.5 Å². The standard InChI is InChI=1S/C33H39F2N5O5/c1-20(2)40-30-28(32(41)38(33(40)42)14-6-16-44-27-7-4-5-15-43-27)39(18-22-10-12-24(34)13-11-22)29(37-30)25-17-26(35)21(3)36-31(25)45-19-23-8-9-23/h10-13,17,20,23,27H,4-9,14-16,18-19H2,1-3H3. The number of halogens is 2. The van der Waals surface area contributed by atoms with Crippen molar-refractivity contribution in [1.82, 2.24) is 23.7 Å². The lowest BCUT2D eigenvalue weighted by atomic mass is 10.2. The maximum Gasteiger partial charge on any atom is 0.332 e. The molecule has 0 spiro atoms. The van der Waals surface area contributed by atoms with Gasteiger partial charge in [0, 0.05) is 25.7 Å². The molecule has 1 aliphatic heterocycles. The predicted octanol–water partition coefficient (Wildman–Crippen LogP) is 5.36. The van der Waals surface area contributed by atoms with Crippen molar-refractivity contribution in [3.63, 3.8) is 0 Å². The first-order valence-electron chi connectivity index (χ1n) is 15.7. The van der Waals surface area contributed by atoms with Gasteiger partial charge in [-0.05, 0) is 89.0 Å². The Morgan fingerprint density at radius 1 is 1.04 bits per heavy atom. The van der Waals surface area contributed by atoms with Crippen LogP contribution in [-0.4, -0.2) is 49.8 Å². The van der Waals surface area contributed by atoms with Crippen LogP contribution in [0.3, 0.4) is 0 Å². The summed E-state index contributed by atoms with van der Waals surface area (Å²) in [5.41, 5.74) is 0.463. The normalized spacial score (nSPS) is 17.0. The maximum absolute atomic E-state index is 15.1. The lowest BCUT2D eigenvalue weighted by Crippen LogP contribution is -2.41. The van der Waals surface area contributed by atoms with Crippen LogP contribution in [0.2, 0.25) is 0 Å². The van der Waals surface area contributed by atoms with E-state index in [0.717, 1.165) is 32.1 Å². The molecule has 0 radical (unpaired) electrons. The third kappa shape index (κ3) is 6.72. The quantitative estimate of drug-likeness (QED) is 0.196. The van der Waals surface area contributed by atoms with Crippen molar-refractivity contribution in [3.8, 4) is 17.3 Å². The summed E-state index contributed by atoms with van der Waals surface area (Å²) in [4.78, 5) is 37.2. The first kappa shape index (κ1) is 31.1. The monoisotopic (exact) mass is 623 g/mol. The number of imidazole rings is 1. The van der Waals surface area contributed by atoms with Crippen LogP contribution in [0.1, 0.15) is 69.7 Å². The summed E-state index contributed by atoms with van der Waals surface area (Å²) in [6.07, 6.45) is 5.12. The number of hydrogen-bond acceptors (Lipinski definition) is 7. The van der Waals surface area contributed by atoms with Crippen molar-refractivity contribution in [2.75, 3.05) is 19.8 Å². The Labute approximate surface area is 259 Å². The van der Waals surface area contributed by atoms with Crippen molar-refractivity contribution in [2.24, 2.45) is 5.92 Å². The number of ether oxygens (including phenoxy) is 3. The fraction of sp³-hybridized carbons (Fsp3) is 0.515. The first-order valence-corrected chi connectivity index (χ1v) is 15.7. The van der Waals surface area contributed by atoms with E-state index in [9.17, 15) is 14.0 Å². The number of aromatic nitrogens is 5. The molecule has 1 unspecified atom stereocenters. The molecule has 0 bridgehead atoms. The Morgan fingerprint density at radius 2 is 1.82 bits per heavy atom. The van der Waals surface area contributed by atoms with Crippen LogP contribution < -0.4 is 16.0 Å². The number of benzene rings is 1. The van der Waals surface area contributed by atoms with Gasteiger partial charge in [0.05, 0.1) is 24.5 Å². The van der Waals surface area contributed by atoms with Crippen molar-refractivity contribution >= 4 is 11.2 Å². The van der Waals surface area contributed by atoms with E-state index < -0.39 is 22.9 Å². The molecule has 240 valence electrons. The van der Waals surface area contributed by atoms with Gasteiger partial charge in [0.15, 0.2) is 17.5 Å². The summed E-state index contributed by atoms with van der Waals surface area (Å²) in [5, 5.41) is 0. The molecule has 1 aromatic carbocycles. The van der Waals surface area contributed by atoms with Gasteiger partial charge in [-0.3, -0.25) is 13.9 Å². The second-order valence-electron chi connectivity index (χ2n) is 12.2. The molecule has 4 heterocycles. The number of nitrogens with zero attached hydrogens (tertiary/aromatic N) is 5. The summed E-state index contributed by atoms with van der Waals surface area (Å²) in [6.45, 7) is 6.90. The average Bonchev–Trinajstić information content (AvgIpc) is 3.78. The van der Waals surface area contributed by atoms with Gasteiger partial charge >= 0.3 is 5.69 Å². The molecule has 10 nitrogen and oxygen atoms in total. The lowest BCUT2D eigenvalue weighted by Gasteiger charge is -2.22. The van der Waals surface area contributed by atoms with Gasteiger partial charge in [0.2, 0.25) is 5.88 Å². The number of pyridine rings is 1. The SMILES string of the molecule is Cc1nc(OCC2CC2)c(-c2nc3c(c(=O)n(CCCOC4CCCCO4)c(=O)n3C(C)C)n2Cc2ccc(F)cc2)cc1F. The van der Waals surface area contributed by atoms with E-state index >= 15 is 4.39 Å². The van der Waals surface area contributed by atoms with E-state index in [-0.39, 0.29) is 59.5 Å². The van der Waals surface area contributed by atoms with E-state index in [0.29, 0.717) is 37.7 Å². The van der Waals surface area contributed by atoms with Gasteiger partial charge in [0.25, 0.3) is 5.56 Å². The van der Waals surface area contributed by atoms with Crippen LogP contribution in [-0.2, 0) is 22.6 Å². The average molecular weight is 624 g/mol. The Hall–Kier alpha value is -3.90. The van der Waals surface area contributed by atoms with Crippen molar-refractivity contribution < 1.29 is 23.0 Å². The summed E-state index contributed by atoms with van der Waals surface area (Å²) < 4.78 is 50.8. The van der Waals surface area contributed by atoms with Crippen LogP contribution in [0.15, 0.2) is 39.9 Å². The minimum Gasteiger partial charge on any atom is -0.477 e. The second-order valence-corrected chi connectivity index (χ2v) is 12.2. The molecule has 2 fully saturated rings. The van der Waals surface area contributed by atoms with E-state index in [1.165, 1.54) is 27.3 Å². The third-order valence-corrected chi connectivity index (χ3v) is 8.31. The molecule has 1 atom stereocenters. The second kappa shape index (κ2) is 13.2. The number of hydrogen-bond donors (Lipinski definition) is 0. The fourth-order valence-corrected chi connectivity index (χ4v) is 5.64. The molecule has 1 saturated carbocycles. The molecule has 0 amide bonds.